The van der Waals surface area contributed by atoms with Crippen molar-refractivity contribution in [2.45, 2.75) is 13.0 Å². The maximum Gasteiger partial charge on any atom is 0.287 e. The lowest BCUT2D eigenvalue weighted by Crippen LogP contribution is -2.26. The number of benzene rings is 2. The van der Waals surface area contributed by atoms with Crippen LogP contribution in [0.4, 0.5) is 0 Å². The van der Waals surface area contributed by atoms with E-state index in [1.807, 2.05) is 49.4 Å². The molecule has 0 spiro atoms. The zero-order valence-corrected chi connectivity index (χ0v) is 13.8. The van der Waals surface area contributed by atoms with Gasteiger partial charge in [-0.25, -0.2) is 0 Å². The molecule has 1 atom stereocenters. The van der Waals surface area contributed by atoms with E-state index in [0.29, 0.717) is 22.8 Å². The van der Waals surface area contributed by atoms with Gasteiger partial charge in [-0.05, 0) is 36.8 Å². The fraction of sp³-hybridized carbons (Fsp3) is 0.211. The Hall–Kier alpha value is -2.95. The van der Waals surface area contributed by atoms with Gasteiger partial charge >= 0.3 is 0 Å². The molecule has 1 aromatic heterocycles. The van der Waals surface area contributed by atoms with Gasteiger partial charge in [0.15, 0.2) is 17.3 Å². The monoisotopic (exact) mass is 325 g/mol. The summed E-state index contributed by atoms with van der Waals surface area (Å²) >= 11 is 0. The van der Waals surface area contributed by atoms with Crippen LogP contribution < -0.4 is 14.8 Å². The second-order valence-electron chi connectivity index (χ2n) is 5.46. The van der Waals surface area contributed by atoms with Crippen molar-refractivity contribution >= 4 is 16.9 Å². The van der Waals surface area contributed by atoms with Gasteiger partial charge in [0, 0.05) is 5.39 Å². The average Bonchev–Trinajstić information content (AvgIpc) is 3.05. The Bertz CT molecular complexity index is 836. The van der Waals surface area contributed by atoms with Crippen LogP contribution in [-0.2, 0) is 0 Å². The highest BCUT2D eigenvalue weighted by Crippen LogP contribution is 2.30. The Morgan fingerprint density at radius 3 is 2.50 bits per heavy atom. The van der Waals surface area contributed by atoms with Crippen molar-refractivity contribution in [3.05, 3.63) is 59.9 Å². The van der Waals surface area contributed by atoms with Crippen molar-refractivity contribution in [1.82, 2.24) is 5.32 Å². The molecule has 0 aliphatic carbocycles. The van der Waals surface area contributed by atoms with Crippen molar-refractivity contribution in [3.8, 4) is 11.5 Å². The Morgan fingerprint density at radius 1 is 1.04 bits per heavy atom. The molecule has 3 rings (SSSR count). The highest BCUT2D eigenvalue weighted by molar-refractivity contribution is 5.96. The van der Waals surface area contributed by atoms with Crippen molar-refractivity contribution in [1.29, 1.82) is 0 Å². The van der Waals surface area contributed by atoms with Gasteiger partial charge in [-0.3, -0.25) is 4.79 Å². The van der Waals surface area contributed by atoms with Crippen LogP contribution in [0.1, 0.15) is 29.1 Å². The van der Waals surface area contributed by atoms with Gasteiger partial charge < -0.3 is 19.2 Å². The predicted octanol–water partition coefficient (Wildman–Crippen LogP) is 3.94. The molecule has 1 N–H and O–H groups in total. The maximum absolute atomic E-state index is 12.4. The Balaban J connectivity index is 1.78. The van der Waals surface area contributed by atoms with E-state index in [0.717, 1.165) is 10.9 Å². The standard InChI is InChI=1S/C19H19NO4/c1-12(13-8-9-16(22-2)17(10-13)23-3)20-19(21)18-11-14-6-4-5-7-15(14)24-18/h4-12H,1-3H3,(H,20,21). The predicted molar refractivity (Wildman–Crippen MR) is 91.6 cm³/mol. The van der Waals surface area contributed by atoms with E-state index in [9.17, 15) is 4.79 Å². The smallest absolute Gasteiger partial charge is 0.287 e. The number of ether oxygens (including phenoxy) is 2. The van der Waals surface area contributed by atoms with Crippen LogP contribution in [0.2, 0.25) is 0 Å². The van der Waals surface area contributed by atoms with E-state index in [1.54, 1.807) is 20.3 Å². The number of nitrogens with one attached hydrogen (secondary N) is 1. The van der Waals surface area contributed by atoms with Crippen LogP contribution in [0.5, 0.6) is 11.5 Å². The minimum Gasteiger partial charge on any atom is -0.493 e. The van der Waals surface area contributed by atoms with Gasteiger partial charge in [0.2, 0.25) is 0 Å². The van der Waals surface area contributed by atoms with Crippen LogP contribution in [0.3, 0.4) is 0 Å². The van der Waals surface area contributed by atoms with E-state index in [2.05, 4.69) is 5.32 Å². The maximum atomic E-state index is 12.4. The molecule has 1 amide bonds. The lowest BCUT2D eigenvalue weighted by molar-refractivity contribution is 0.0914. The lowest BCUT2D eigenvalue weighted by atomic mass is 10.1. The molecule has 0 radical (unpaired) electrons. The van der Waals surface area contributed by atoms with E-state index in [-0.39, 0.29) is 11.9 Å². The number of amides is 1. The molecular formula is C19H19NO4. The topological polar surface area (TPSA) is 60.7 Å². The molecule has 5 nitrogen and oxygen atoms in total. The third kappa shape index (κ3) is 3.06. The molecule has 1 unspecified atom stereocenters. The molecule has 2 aromatic carbocycles. The molecule has 0 saturated carbocycles. The summed E-state index contributed by atoms with van der Waals surface area (Å²) in [6, 6.07) is 14.6. The highest BCUT2D eigenvalue weighted by Gasteiger charge is 2.17. The van der Waals surface area contributed by atoms with E-state index in [1.165, 1.54) is 0 Å². The number of methoxy groups -OCH3 is 2. The average molecular weight is 325 g/mol. The fourth-order valence-electron chi connectivity index (χ4n) is 2.57. The second-order valence-corrected chi connectivity index (χ2v) is 5.46. The van der Waals surface area contributed by atoms with Crippen molar-refractivity contribution in [3.63, 3.8) is 0 Å². The normalized spacial score (nSPS) is 12.0. The summed E-state index contributed by atoms with van der Waals surface area (Å²) < 4.78 is 16.1. The summed E-state index contributed by atoms with van der Waals surface area (Å²) in [7, 11) is 3.17. The van der Waals surface area contributed by atoms with E-state index in [4.69, 9.17) is 13.9 Å². The Labute approximate surface area is 140 Å². The largest absolute Gasteiger partial charge is 0.493 e. The van der Waals surface area contributed by atoms with Crippen LogP contribution in [0.15, 0.2) is 52.9 Å². The molecule has 5 heteroatoms. The van der Waals surface area contributed by atoms with Gasteiger partial charge in [0.25, 0.3) is 5.91 Å². The molecule has 1 heterocycles. The number of hydrogen-bond donors (Lipinski definition) is 1. The summed E-state index contributed by atoms with van der Waals surface area (Å²) in [5, 5.41) is 3.84. The number of rotatable bonds is 5. The summed E-state index contributed by atoms with van der Waals surface area (Å²) in [6.07, 6.45) is 0. The highest BCUT2D eigenvalue weighted by atomic mass is 16.5. The number of hydrogen-bond acceptors (Lipinski definition) is 4. The lowest BCUT2D eigenvalue weighted by Gasteiger charge is -2.16. The summed E-state index contributed by atoms with van der Waals surface area (Å²) in [6.45, 7) is 1.90. The third-order valence-electron chi connectivity index (χ3n) is 3.90. The number of furan rings is 1. The van der Waals surface area contributed by atoms with Gasteiger partial charge in [-0.2, -0.15) is 0 Å². The third-order valence-corrected chi connectivity index (χ3v) is 3.90. The van der Waals surface area contributed by atoms with Gasteiger partial charge in [-0.1, -0.05) is 24.3 Å². The summed E-state index contributed by atoms with van der Waals surface area (Å²) in [4.78, 5) is 12.4. The molecular weight excluding hydrogens is 306 g/mol. The first-order valence-corrected chi connectivity index (χ1v) is 7.63. The van der Waals surface area contributed by atoms with E-state index >= 15 is 0 Å². The van der Waals surface area contributed by atoms with Crippen LogP contribution in [0, 0.1) is 0 Å². The molecule has 0 saturated heterocycles. The number of para-hydroxylation sites is 1. The van der Waals surface area contributed by atoms with Crippen molar-refractivity contribution in [2.75, 3.05) is 14.2 Å². The zero-order chi connectivity index (χ0) is 17.1. The zero-order valence-electron chi connectivity index (χ0n) is 13.8. The number of fused-ring (bicyclic) bond motifs is 1. The van der Waals surface area contributed by atoms with Crippen LogP contribution >= 0.6 is 0 Å². The summed E-state index contributed by atoms with van der Waals surface area (Å²) in [5.41, 5.74) is 1.61. The second kappa shape index (κ2) is 6.66. The van der Waals surface area contributed by atoms with Crippen LogP contribution in [-0.4, -0.2) is 20.1 Å². The first-order chi connectivity index (χ1) is 11.6. The minimum atomic E-state index is -0.256. The van der Waals surface area contributed by atoms with Crippen molar-refractivity contribution < 1.29 is 18.7 Å². The fourth-order valence-corrected chi connectivity index (χ4v) is 2.57. The van der Waals surface area contributed by atoms with Crippen LogP contribution in [0.25, 0.3) is 11.0 Å². The molecule has 0 bridgehead atoms. The molecule has 24 heavy (non-hydrogen) atoms. The summed E-state index contributed by atoms with van der Waals surface area (Å²) in [5.74, 6) is 1.31. The Morgan fingerprint density at radius 2 is 1.79 bits per heavy atom. The first-order valence-electron chi connectivity index (χ1n) is 7.63. The number of carbonyl (C=O) groups excluding carboxylic acids is 1. The van der Waals surface area contributed by atoms with E-state index < -0.39 is 0 Å². The van der Waals surface area contributed by atoms with Gasteiger partial charge in [-0.15, -0.1) is 0 Å². The molecule has 124 valence electrons. The Kier molecular flexibility index (Phi) is 4.42. The van der Waals surface area contributed by atoms with Gasteiger partial charge in [0.1, 0.15) is 5.58 Å². The molecule has 0 aliphatic heterocycles. The molecule has 0 aliphatic rings. The van der Waals surface area contributed by atoms with Crippen molar-refractivity contribution in [2.24, 2.45) is 0 Å². The first kappa shape index (κ1) is 15.9. The SMILES string of the molecule is COc1ccc(C(C)NC(=O)c2cc3ccccc3o2)cc1OC. The molecule has 0 fully saturated rings. The number of carbonyl (C=O) groups is 1. The quantitative estimate of drug-likeness (QED) is 0.772. The molecule has 3 aromatic rings. The van der Waals surface area contributed by atoms with Gasteiger partial charge in [0.05, 0.1) is 20.3 Å². The minimum absolute atomic E-state index is 0.203.